The van der Waals surface area contributed by atoms with Gasteiger partial charge in [0.15, 0.2) is 0 Å². The number of carbonyl (C=O) groups is 2. The van der Waals surface area contributed by atoms with Crippen LogP contribution in [0.5, 0.6) is 0 Å². The van der Waals surface area contributed by atoms with E-state index in [9.17, 15) is 18.0 Å². The van der Waals surface area contributed by atoms with E-state index in [1.54, 1.807) is 0 Å². The minimum Gasteiger partial charge on any atom is -0.352 e. The van der Waals surface area contributed by atoms with E-state index < -0.39 is 10.0 Å². The molecule has 162 valence electrons. The van der Waals surface area contributed by atoms with E-state index in [2.05, 4.69) is 10.6 Å². The second kappa shape index (κ2) is 11.3. The average Bonchev–Trinajstić information content (AvgIpc) is 2.72. The molecule has 1 heterocycles. The number of nitrogens with zero attached hydrogens (tertiary/aromatic N) is 1. The van der Waals surface area contributed by atoms with Crippen molar-refractivity contribution < 1.29 is 18.0 Å². The van der Waals surface area contributed by atoms with E-state index in [0.29, 0.717) is 45.3 Å². The van der Waals surface area contributed by atoms with Gasteiger partial charge in [-0.15, -0.1) is 0 Å². The summed E-state index contributed by atoms with van der Waals surface area (Å²) >= 11 is 0. The number of carbonyl (C=O) groups excluding carboxylic acids is 2. The predicted molar refractivity (Wildman–Crippen MR) is 115 cm³/mol. The molecule has 8 heteroatoms. The molecular formula is C21H33N3O4S. The predicted octanol–water partition coefficient (Wildman–Crippen LogP) is 2.88. The van der Waals surface area contributed by atoms with Crippen molar-refractivity contribution in [1.82, 2.24) is 9.62 Å². The lowest BCUT2D eigenvalue weighted by Crippen LogP contribution is -2.43. The van der Waals surface area contributed by atoms with Gasteiger partial charge < -0.3 is 10.6 Å². The minimum absolute atomic E-state index is 0.00314. The van der Waals surface area contributed by atoms with Crippen molar-refractivity contribution in [2.75, 3.05) is 24.2 Å². The van der Waals surface area contributed by atoms with Crippen LogP contribution in [-0.4, -0.2) is 43.4 Å². The molecule has 1 saturated heterocycles. The van der Waals surface area contributed by atoms with Gasteiger partial charge in [0.05, 0.1) is 5.75 Å². The molecule has 1 aromatic carbocycles. The van der Waals surface area contributed by atoms with Crippen LogP contribution in [-0.2, 0) is 26.2 Å². The third kappa shape index (κ3) is 7.44. The van der Waals surface area contributed by atoms with Crippen molar-refractivity contribution >= 4 is 27.5 Å². The molecule has 0 saturated carbocycles. The van der Waals surface area contributed by atoms with Crippen LogP contribution in [0.4, 0.5) is 5.69 Å². The second-order valence-electron chi connectivity index (χ2n) is 7.56. The zero-order chi connectivity index (χ0) is 21.3. The summed E-state index contributed by atoms with van der Waals surface area (Å²) in [5, 5.41) is 5.78. The Bertz CT molecular complexity index is 770. The molecule has 1 aromatic rings. The molecule has 2 rings (SSSR count). The lowest BCUT2D eigenvalue weighted by Gasteiger charge is -2.30. The topological polar surface area (TPSA) is 95.6 Å². The largest absolute Gasteiger partial charge is 0.352 e. The molecule has 1 aliphatic rings. The highest BCUT2D eigenvalue weighted by molar-refractivity contribution is 7.89. The number of anilines is 1. The summed E-state index contributed by atoms with van der Waals surface area (Å²) in [6, 6.07) is 7.42. The van der Waals surface area contributed by atoms with Gasteiger partial charge in [-0.3, -0.25) is 9.59 Å². The lowest BCUT2D eigenvalue weighted by molar-refractivity contribution is -0.126. The number of hydrogen-bond acceptors (Lipinski definition) is 4. The minimum atomic E-state index is -3.19. The summed E-state index contributed by atoms with van der Waals surface area (Å²) in [5.74, 6) is 0.00248. The molecule has 0 spiro atoms. The van der Waals surface area contributed by atoms with Crippen LogP contribution in [0.1, 0.15) is 57.9 Å². The summed E-state index contributed by atoms with van der Waals surface area (Å²) in [4.78, 5) is 24.1. The molecule has 1 aliphatic heterocycles. The van der Waals surface area contributed by atoms with Gasteiger partial charge in [0.2, 0.25) is 21.8 Å². The van der Waals surface area contributed by atoms with Gasteiger partial charge in [0.25, 0.3) is 0 Å². The maximum absolute atomic E-state index is 12.4. The number of sulfonamides is 1. The van der Waals surface area contributed by atoms with E-state index in [0.717, 1.165) is 24.1 Å². The van der Waals surface area contributed by atoms with Gasteiger partial charge >= 0.3 is 0 Å². The van der Waals surface area contributed by atoms with Crippen molar-refractivity contribution in [2.24, 2.45) is 5.92 Å². The number of unbranched alkanes of at least 4 members (excludes halogenated alkanes) is 1. The quantitative estimate of drug-likeness (QED) is 0.605. The number of hydrogen-bond donors (Lipinski definition) is 2. The highest BCUT2D eigenvalue weighted by Crippen LogP contribution is 2.21. The highest BCUT2D eigenvalue weighted by Gasteiger charge is 2.30. The first-order valence-electron chi connectivity index (χ1n) is 10.5. The lowest BCUT2D eigenvalue weighted by atomic mass is 9.97. The SMILES string of the molecule is CCCCS(=O)(=O)N1CCC(C(=O)NCc2ccc(NC(=O)CCC)cc2)CC1. The van der Waals surface area contributed by atoms with Gasteiger partial charge in [-0.25, -0.2) is 12.7 Å². The first-order valence-corrected chi connectivity index (χ1v) is 12.1. The van der Waals surface area contributed by atoms with Gasteiger partial charge in [0, 0.05) is 37.7 Å². The first-order chi connectivity index (χ1) is 13.9. The van der Waals surface area contributed by atoms with Crippen molar-refractivity contribution in [3.8, 4) is 0 Å². The Hall–Kier alpha value is -1.93. The van der Waals surface area contributed by atoms with E-state index in [1.807, 2.05) is 38.1 Å². The fourth-order valence-corrected chi connectivity index (χ4v) is 5.02. The summed E-state index contributed by atoms with van der Waals surface area (Å²) in [7, 11) is -3.19. The molecular weight excluding hydrogens is 390 g/mol. The molecule has 0 aromatic heterocycles. The van der Waals surface area contributed by atoms with Crippen LogP contribution in [0, 0.1) is 5.92 Å². The summed E-state index contributed by atoms with van der Waals surface area (Å²) in [5.41, 5.74) is 1.70. The third-order valence-corrected chi connectivity index (χ3v) is 7.11. The van der Waals surface area contributed by atoms with E-state index in [-0.39, 0.29) is 23.5 Å². The van der Waals surface area contributed by atoms with E-state index in [4.69, 9.17) is 0 Å². The number of rotatable bonds is 10. The molecule has 2 amide bonds. The van der Waals surface area contributed by atoms with Crippen LogP contribution >= 0.6 is 0 Å². The Labute approximate surface area is 174 Å². The van der Waals surface area contributed by atoms with Crippen LogP contribution < -0.4 is 10.6 Å². The maximum atomic E-state index is 12.4. The molecule has 29 heavy (non-hydrogen) atoms. The molecule has 0 bridgehead atoms. The van der Waals surface area contributed by atoms with Gasteiger partial charge in [0.1, 0.15) is 0 Å². The summed E-state index contributed by atoms with van der Waals surface area (Å²) in [6.07, 6.45) is 3.93. The Balaban J connectivity index is 1.77. The molecule has 0 unspecified atom stereocenters. The number of nitrogens with one attached hydrogen (secondary N) is 2. The van der Waals surface area contributed by atoms with Crippen molar-refractivity contribution in [2.45, 2.75) is 58.9 Å². The normalized spacial score (nSPS) is 15.8. The third-order valence-electron chi connectivity index (χ3n) is 5.16. The number of piperidine rings is 1. The molecule has 2 N–H and O–H groups in total. The van der Waals surface area contributed by atoms with E-state index >= 15 is 0 Å². The standard InChI is InChI=1S/C21H33N3O4S/c1-3-5-15-29(27,28)24-13-11-18(12-14-24)21(26)22-16-17-7-9-19(10-8-17)23-20(25)6-4-2/h7-10,18H,3-6,11-16H2,1-2H3,(H,22,26)(H,23,25). The van der Waals surface area contributed by atoms with Crippen molar-refractivity contribution in [1.29, 1.82) is 0 Å². The van der Waals surface area contributed by atoms with Crippen LogP contribution in [0.3, 0.4) is 0 Å². The Kier molecular flexibility index (Phi) is 9.10. The molecule has 1 fully saturated rings. The van der Waals surface area contributed by atoms with Gasteiger partial charge in [-0.1, -0.05) is 32.4 Å². The van der Waals surface area contributed by atoms with Crippen molar-refractivity contribution in [3.05, 3.63) is 29.8 Å². The Morgan fingerprint density at radius 2 is 1.72 bits per heavy atom. The average molecular weight is 424 g/mol. The fraction of sp³-hybridized carbons (Fsp3) is 0.619. The van der Waals surface area contributed by atoms with Crippen LogP contribution in [0.25, 0.3) is 0 Å². The zero-order valence-electron chi connectivity index (χ0n) is 17.4. The first kappa shape index (κ1) is 23.3. The molecule has 0 radical (unpaired) electrons. The molecule has 0 aliphatic carbocycles. The second-order valence-corrected chi connectivity index (χ2v) is 9.64. The summed E-state index contributed by atoms with van der Waals surface area (Å²) < 4.78 is 26.0. The van der Waals surface area contributed by atoms with Gasteiger partial charge in [-0.2, -0.15) is 0 Å². The smallest absolute Gasteiger partial charge is 0.224 e. The van der Waals surface area contributed by atoms with Crippen molar-refractivity contribution in [3.63, 3.8) is 0 Å². The molecule has 0 atom stereocenters. The molecule has 7 nitrogen and oxygen atoms in total. The monoisotopic (exact) mass is 423 g/mol. The Morgan fingerprint density at radius 1 is 1.07 bits per heavy atom. The van der Waals surface area contributed by atoms with Crippen LogP contribution in [0.15, 0.2) is 24.3 Å². The fourth-order valence-electron chi connectivity index (χ4n) is 3.34. The Morgan fingerprint density at radius 3 is 2.31 bits per heavy atom. The number of benzene rings is 1. The summed E-state index contributed by atoms with van der Waals surface area (Å²) in [6.45, 7) is 5.17. The number of amides is 2. The van der Waals surface area contributed by atoms with Gasteiger partial charge in [-0.05, 0) is 43.4 Å². The van der Waals surface area contributed by atoms with E-state index in [1.165, 1.54) is 4.31 Å². The zero-order valence-corrected chi connectivity index (χ0v) is 18.3. The van der Waals surface area contributed by atoms with Crippen LogP contribution in [0.2, 0.25) is 0 Å². The highest BCUT2D eigenvalue weighted by atomic mass is 32.2. The maximum Gasteiger partial charge on any atom is 0.224 e.